The first kappa shape index (κ1) is 14.5. The zero-order chi connectivity index (χ0) is 16.2. The lowest BCUT2D eigenvalue weighted by Crippen LogP contribution is -2.50. The molecule has 1 spiro atoms. The van der Waals surface area contributed by atoms with Crippen LogP contribution in [0.3, 0.4) is 0 Å². The number of imide groups is 1. The van der Waals surface area contributed by atoms with Gasteiger partial charge in [0, 0.05) is 11.6 Å². The van der Waals surface area contributed by atoms with E-state index in [2.05, 4.69) is 10.6 Å². The summed E-state index contributed by atoms with van der Waals surface area (Å²) in [7, 11) is 0. The van der Waals surface area contributed by atoms with Crippen molar-refractivity contribution >= 4 is 29.4 Å². The third-order valence-corrected chi connectivity index (χ3v) is 5.38. The fourth-order valence-corrected chi connectivity index (χ4v) is 3.75. The number of hydrogen-bond acceptors (Lipinski definition) is 3. The Kier molecular flexibility index (Phi) is 2.97. The summed E-state index contributed by atoms with van der Waals surface area (Å²) >= 11 is 5.92. The summed E-state index contributed by atoms with van der Waals surface area (Å²) in [4.78, 5) is 38.1. The largest absolute Gasteiger partial charge is 0.339 e. The van der Waals surface area contributed by atoms with Crippen LogP contribution in [0, 0.1) is 0 Å². The Balaban J connectivity index is 1.55. The summed E-state index contributed by atoms with van der Waals surface area (Å²) in [5.74, 6) is -0.306. The van der Waals surface area contributed by atoms with Crippen LogP contribution in [-0.4, -0.2) is 41.4 Å². The van der Waals surface area contributed by atoms with Crippen LogP contribution in [0.5, 0.6) is 0 Å². The monoisotopic (exact) mass is 333 g/mol. The van der Waals surface area contributed by atoms with Gasteiger partial charge in [-0.2, -0.15) is 0 Å². The Hall–Kier alpha value is -2.08. The van der Waals surface area contributed by atoms with Crippen LogP contribution >= 0.6 is 11.6 Å². The number of likely N-dealkylation sites (tertiary alicyclic amines) is 1. The van der Waals surface area contributed by atoms with Gasteiger partial charge < -0.3 is 10.2 Å². The Morgan fingerprint density at radius 2 is 1.83 bits per heavy atom. The molecule has 2 heterocycles. The number of amides is 4. The van der Waals surface area contributed by atoms with Crippen molar-refractivity contribution in [3.05, 3.63) is 34.9 Å². The number of nitrogens with zero attached hydrogens (tertiary/aromatic N) is 1. The Labute approximate surface area is 138 Å². The average Bonchev–Trinajstić information content (AvgIpc) is 3.14. The molecule has 0 unspecified atom stereocenters. The molecule has 120 valence electrons. The van der Waals surface area contributed by atoms with E-state index < -0.39 is 17.0 Å². The molecule has 0 aromatic heterocycles. The second kappa shape index (κ2) is 4.71. The quantitative estimate of drug-likeness (QED) is 0.798. The summed E-state index contributed by atoms with van der Waals surface area (Å²) in [6, 6.07) is 6.88. The zero-order valence-electron chi connectivity index (χ0n) is 12.4. The van der Waals surface area contributed by atoms with E-state index in [9.17, 15) is 14.4 Å². The number of rotatable bonds is 2. The van der Waals surface area contributed by atoms with E-state index in [0.29, 0.717) is 18.0 Å². The average molecular weight is 334 g/mol. The third kappa shape index (κ3) is 2.12. The minimum atomic E-state index is -0.956. The normalized spacial score (nSPS) is 28.0. The van der Waals surface area contributed by atoms with Gasteiger partial charge in [0.2, 0.25) is 5.91 Å². The van der Waals surface area contributed by atoms with Crippen LogP contribution in [0.4, 0.5) is 4.79 Å². The maximum atomic E-state index is 13.0. The number of carbonyl (C=O) groups excluding carboxylic acids is 3. The molecule has 7 heteroatoms. The van der Waals surface area contributed by atoms with Gasteiger partial charge >= 0.3 is 6.03 Å². The van der Waals surface area contributed by atoms with Gasteiger partial charge in [-0.05, 0) is 37.0 Å². The number of halogens is 1. The molecule has 2 aliphatic heterocycles. The molecule has 4 amide bonds. The maximum Gasteiger partial charge on any atom is 0.322 e. The van der Waals surface area contributed by atoms with Crippen molar-refractivity contribution in [1.82, 2.24) is 15.5 Å². The van der Waals surface area contributed by atoms with Gasteiger partial charge in [-0.15, -0.1) is 0 Å². The fraction of sp³-hybridized carbons (Fsp3) is 0.438. The molecule has 1 aliphatic carbocycles. The number of carbonyl (C=O) groups is 3. The highest BCUT2D eigenvalue weighted by Gasteiger charge is 2.58. The molecule has 2 N–H and O–H groups in total. The lowest BCUT2D eigenvalue weighted by molar-refractivity contribution is -0.133. The molecule has 0 bridgehead atoms. The summed E-state index contributed by atoms with van der Waals surface area (Å²) < 4.78 is 0. The predicted octanol–water partition coefficient (Wildman–Crippen LogP) is 1.18. The van der Waals surface area contributed by atoms with E-state index in [1.165, 1.54) is 0 Å². The van der Waals surface area contributed by atoms with Gasteiger partial charge in [-0.1, -0.05) is 23.7 Å². The lowest BCUT2D eigenvalue weighted by Gasteiger charge is -2.25. The highest BCUT2D eigenvalue weighted by Crippen LogP contribution is 2.50. The third-order valence-electron chi connectivity index (χ3n) is 5.13. The predicted molar refractivity (Wildman–Crippen MR) is 83.0 cm³/mol. The van der Waals surface area contributed by atoms with Gasteiger partial charge in [0.15, 0.2) is 0 Å². The molecule has 4 rings (SSSR count). The van der Waals surface area contributed by atoms with Gasteiger partial charge in [0.25, 0.3) is 5.91 Å². The van der Waals surface area contributed by atoms with Crippen molar-refractivity contribution in [2.75, 3.05) is 13.1 Å². The van der Waals surface area contributed by atoms with Crippen molar-refractivity contribution in [1.29, 1.82) is 0 Å². The fourth-order valence-electron chi connectivity index (χ4n) is 3.62. The van der Waals surface area contributed by atoms with Crippen LogP contribution in [-0.2, 0) is 15.0 Å². The van der Waals surface area contributed by atoms with E-state index in [-0.39, 0.29) is 18.4 Å². The summed E-state index contributed by atoms with van der Waals surface area (Å²) in [5, 5.41) is 5.57. The zero-order valence-corrected chi connectivity index (χ0v) is 13.2. The molecule has 0 radical (unpaired) electrons. The Morgan fingerprint density at radius 3 is 2.39 bits per heavy atom. The van der Waals surface area contributed by atoms with E-state index in [4.69, 9.17) is 11.6 Å². The second-order valence-corrected chi connectivity index (χ2v) is 6.99. The Bertz CT molecular complexity index is 714. The van der Waals surface area contributed by atoms with Gasteiger partial charge in [-0.25, -0.2) is 4.79 Å². The van der Waals surface area contributed by atoms with Crippen molar-refractivity contribution in [3.8, 4) is 0 Å². The van der Waals surface area contributed by atoms with Crippen LogP contribution in [0.2, 0.25) is 5.02 Å². The van der Waals surface area contributed by atoms with E-state index in [1.54, 1.807) is 17.0 Å². The van der Waals surface area contributed by atoms with Crippen LogP contribution in [0.1, 0.15) is 24.8 Å². The molecular formula is C16H16ClN3O3. The smallest absolute Gasteiger partial charge is 0.322 e. The maximum absolute atomic E-state index is 13.0. The highest BCUT2D eigenvalue weighted by molar-refractivity contribution is 6.30. The van der Waals surface area contributed by atoms with Crippen molar-refractivity contribution in [2.24, 2.45) is 0 Å². The molecule has 3 aliphatic rings. The van der Waals surface area contributed by atoms with Crippen LogP contribution in [0.25, 0.3) is 0 Å². The number of hydrogen-bond donors (Lipinski definition) is 2. The van der Waals surface area contributed by atoms with Crippen LogP contribution in [0.15, 0.2) is 24.3 Å². The number of benzene rings is 1. The van der Waals surface area contributed by atoms with E-state index >= 15 is 0 Å². The van der Waals surface area contributed by atoms with Crippen LogP contribution < -0.4 is 10.6 Å². The van der Waals surface area contributed by atoms with E-state index in [0.717, 1.165) is 18.4 Å². The van der Waals surface area contributed by atoms with Crippen molar-refractivity contribution < 1.29 is 14.4 Å². The molecule has 23 heavy (non-hydrogen) atoms. The first-order valence-corrected chi connectivity index (χ1v) is 8.02. The molecule has 2 saturated heterocycles. The standard InChI is InChI=1S/C16H16ClN3O3/c17-11-3-1-10(2-4-11)15(5-6-15)13(22)20-8-7-16(9-20)12(21)18-14(23)19-16/h1-4H,5-9H2,(H2,18,19,21,23)/t16-/m0/s1. The SMILES string of the molecule is O=C1NC(=O)[C@@]2(CCN(C(=O)C3(c4ccc(Cl)cc4)CC3)C2)N1. The van der Waals surface area contributed by atoms with Gasteiger partial charge in [-0.3, -0.25) is 14.9 Å². The highest BCUT2D eigenvalue weighted by atomic mass is 35.5. The van der Waals surface area contributed by atoms with Gasteiger partial charge in [0.05, 0.1) is 12.0 Å². The summed E-state index contributed by atoms with van der Waals surface area (Å²) in [6.07, 6.45) is 2.05. The summed E-state index contributed by atoms with van der Waals surface area (Å²) in [6.45, 7) is 0.709. The molecule has 1 atom stereocenters. The van der Waals surface area contributed by atoms with Crippen molar-refractivity contribution in [3.63, 3.8) is 0 Å². The first-order chi connectivity index (χ1) is 11.0. The first-order valence-electron chi connectivity index (χ1n) is 7.64. The number of nitrogens with one attached hydrogen (secondary N) is 2. The minimum Gasteiger partial charge on any atom is -0.339 e. The molecule has 6 nitrogen and oxygen atoms in total. The molecular weight excluding hydrogens is 318 g/mol. The molecule has 3 fully saturated rings. The molecule has 1 saturated carbocycles. The molecule has 1 aromatic rings. The second-order valence-electron chi connectivity index (χ2n) is 6.56. The van der Waals surface area contributed by atoms with Gasteiger partial charge in [0.1, 0.15) is 5.54 Å². The molecule has 1 aromatic carbocycles. The van der Waals surface area contributed by atoms with E-state index in [1.807, 2.05) is 12.1 Å². The number of urea groups is 1. The Morgan fingerprint density at radius 1 is 1.13 bits per heavy atom. The minimum absolute atomic E-state index is 0.0330. The topological polar surface area (TPSA) is 78.5 Å². The summed E-state index contributed by atoms with van der Waals surface area (Å²) in [5.41, 5.74) is -0.481. The lowest BCUT2D eigenvalue weighted by atomic mass is 9.94. The van der Waals surface area contributed by atoms with Crippen molar-refractivity contribution in [2.45, 2.75) is 30.2 Å².